The van der Waals surface area contributed by atoms with Crippen LogP contribution in [0.25, 0.3) is 0 Å². The number of amides is 1. The lowest BCUT2D eigenvalue weighted by molar-refractivity contribution is -0.151. The van der Waals surface area contributed by atoms with Gasteiger partial charge in [-0.3, -0.25) is 4.79 Å². The predicted octanol–water partition coefficient (Wildman–Crippen LogP) is 2.84. The van der Waals surface area contributed by atoms with E-state index in [0.717, 1.165) is 24.8 Å². The van der Waals surface area contributed by atoms with Crippen LogP contribution in [0.3, 0.4) is 0 Å². The summed E-state index contributed by atoms with van der Waals surface area (Å²) < 4.78 is 11.5. The van der Waals surface area contributed by atoms with Gasteiger partial charge in [0, 0.05) is 19.5 Å². The number of nitrogens with zero attached hydrogens (tertiary/aromatic N) is 1. The molecule has 1 aliphatic heterocycles. The first kappa shape index (κ1) is 22.1. The third-order valence-corrected chi connectivity index (χ3v) is 10.9. The zero-order chi connectivity index (χ0) is 20.4. The largest absolute Gasteiger partial charge is 0.467 e. The van der Waals surface area contributed by atoms with E-state index < -0.39 is 14.4 Å². The molecule has 0 aromatic rings. The molecule has 2 fully saturated rings. The molecule has 1 aliphatic carbocycles. The molecular formula is C20H36N2O4Si. The van der Waals surface area contributed by atoms with Gasteiger partial charge in [0.1, 0.15) is 6.04 Å². The molecule has 27 heavy (non-hydrogen) atoms. The van der Waals surface area contributed by atoms with Crippen LogP contribution in [0.2, 0.25) is 18.1 Å². The summed E-state index contributed by atoms with van der Waals surface area (Å²) in [6.07, 6.45) is 5.07. The Morgan fingerprint density at radius 2 is 2.00 bits per heavy atom. The van der Waals surface area contributed by atoms with E-state index in [1.807, 2.05) is 6.08 Å². The van der Waals surface area contributed by atoms with Crippen molar-refractivity contribution in [3.05, 3.63) is 11.6 Å². The molecular weight excluding hydrogens is 360 g/mol. The second-order valence-electron chi connectivity index (χ2n) is 9.22. The Morgan fingerprint density at radius 1 is 1.33 bits per heavy atom. The van der Waals surface area contributed by atoms with Crippen molar-refractivity contribution in [2.24, 2.45) is 11.7 Å². The van der Waals surface area contributed by atoms with Gasteiger partial charge in [-0.05, 0) is 37.4 Å². The average Bonchev–Trinajstić information content (AvgIpc) is 3.19. The van der Waals surface area contributed by atoms with E-state index in [-0.39, 0.29) is 28.9 Å². The molecule has 1 saturated heterocycles. The molecule has 1 heterocycles. The minimum atomic E-state index is -1.98. The van der Waals surface area contributed by atoms with Crippen LogP contribution in [0.15, 0.2) is 11.6 Å². The second kappa shape index (κ2) is 8.45. The number of carbonyl (C=O) groups excluding carboxylic acids is 2. The third kappa shape index (κ3) is 4.81. The normalized spacial score (nSPS) is 28.0. The van der Waals surface area contributed by atoms with E-state index in [9.17, 15) is 9.59 Å². The quantitative estimate of drug-likeness (QED) is 0.439. The molecule has 0 spiro atoms. The highest BCUT2D eigenvalue weighted by atomic mass is 28.4. The average molecular weight is 397 g/mol. The number of likely N-dealkylation sites (tertiary alicyclic amines) is 1. The summed E-state index contributed by atoms with van der Waals surface area (Å²) in [4.78, 5) is 27.3. The van der Waals surface area contributed by atoms with Gasteiger partial charge in [-0.25, -0.2) is 4.79 Å². The van der Waals surface area contributed by atoms with Crippen LogP contribution in [0, 0.1) is 5.92 Å². The Labute approximate surface area is 164 Å². The van der Waals surface area contributed by atoms with Gasteiger partial charge in [0.2, 0.25) is 5.91 Å². The molecule has 154 valence electrons. The maximum atomic E-state index is 13.3. The zero-order valence-corrected chi connectivity index (χ0v) is 18.7. The van der Waals surface area contributed by atoms with Gasteiger partial charge in [-0.1, -0.05) is 32.4 Å². The van der Waals surface area contributed by atoms with Crippen molar-refractivity contribution in [1.29, 1.82) is 0 Å². The number of hydrogen-bond donors (Lipinski definition) is 1. The number of esters is 1. The smallest absolute Gasteiger partial charge is 0.328 e. The lowest BCUT2D eigenvalue weighted by atomic mass is 10.00. The summed E-state index contributed by atoms with van der Waals surface area (Å²) in [7, 11) is -0.607. The molecule has 7 heteroatoms. The Balaban J connectivity index is 2.19. The van der Waals surface area contributed by atoms with Crippen LogP contribution in [-0.4, -0.2) is 57.4 Å². The SMILES string of the molecule is COC(=O)[C@@H]1C[C@@H](O[Si](C)(C)C(C)(C)C)CN1C(=O)C1CCC/C1=C\CN. The summed E-state index contributed by atoms with van der Waals surface area (Å²) >= 11 is 0. The molecule has 0 radical (unpaired) electrons. The second-order valence-corrected chi connectivity index (χ2v) is 14.0. The van der Waals surface area contributed by atoms with Crippen molar-refractivity contribution in [3.63, 3.8) is 0 Å². The van der Waals surface area contributed by atoms with Gasteiger partial charge in [-0.2, -0.15) is 0 Å². The maximum absolute atomic E-state index is 13.3. The van der Waals surface area contributed by atoms with Crippen LogP contribution in [-0.2, 0) is 18.8 Å². The van der Waals surface area contributed by atoms with Crippen molar-refractivity contribution < 1.29 is 18.8 Å². The lowest BCUT2D eigenvalue weighted by Crippen LogP contribution is -2.45. The van der Waals surface area contributed by atoms with Crippen molar-refractivity contribution >= 4 is 20.2 Å². The van der Waals surface area contributed by atoms with E-state index in [1.54, 1.807) is 4.90 Å². The van der Waals surface area contributed by atoms with Crippen molar-refractivity contribution in [3.8, 4) is 0 Å². The third-order valence-electron chi connectivity index (χ3n) is 6.37. The Morgan fingerprint density at radius 3 is 2.56 bits per heavy atom. The van der Waals surface area contributed by atoms with Crippen LogP contribution in [0.1, 0.15) is 46.5 Å². The Bertz CT molecular complexity index is 597. The fourth-order valence-corrected chi connectivity index (χ4v) is 5.18. The van der Waals surface area contributed by atoms with E-state index in [2.05, 4.69) is 33.9 Å². The number of nitrogens with two attached hydrogens (primary N) is 1. The van der Waals surface area contributed by atoms with Crippen molar-refractivity contribution in [2.45, 2.75) is 76.7 Å². The van der Waals surface area contributed by atoms with Crippen LogP contribution in [0.5, 0.6) is 0 Å². The highest BCUT2D eigenvalue weighted by molar-refractivity contribution is 6.74. The van der Waals surface area contributed by atoms with Gasteiger partial charge < -0.3 is 19.8 Å². The predicted molar refractivity (Wildman–Crippen MR) is 109 cm³/mol. The molecule has 6 nitrogen and oxygen atoms in total. The zero-order valence-electron chi connectivity index (χ0n) is 17.7. The molecule has 3 atom stereocenters. The van der Waals surface area contributed by atoms with Crippen molar-refractivity contribution in [1.82, 2.24) is 4.90 Å². The summed E-state index contributed by atoms with van der Waals surface area (Å²) in [6, 6.07) is -0.558. The molecule has 2 rings (SSSR count). The molecule has 0 bridgehead atoms. The molecule has 0 aromatic heterocycles. The number of rotatable bonds is 5. The molecule has 2 aliphatic rings. The standard InChI is InChI=1S/C20H36N2O4Si/c1-20(2,3)27(5,6)26-15-12-17(19(24)25-4)22(13-15)18(23)16-9-7-8-14(16)10-11-21/h10,15-17H,7-9,11-13,21H2,1-6H3/b14-10+/t15-,16?,17+/m1/s1. The fraction of sp³-hybridized carbons (Fsp3) is 0.800. The first-order valence-electron chi connectivity index (χ1n) is 9.97. The van der Waals surface area contributed by atoms with Gasteiger partial charge >= 0.3 is 5.97 Å². The highest BCUT2D eigenvalue weighted by Gasteiger charge is 2.47. The minimum Gasteiger partial charge on any atom is -0.467 e. The van der Waals surface area contributed by atoms with Crippen molar-refractivity contribution in [2.75, 3.05) is 20.2 Å². The summed E-state index contributed by atoms with van der Waals surface area (Å²) in [5, 5.41) is 0.0771. The summed E-state index contributed by atoms with van der Waals surface area (Å²) in [5.41, 5.74) is 6.77. The number of ether oxygens (including phenoxy) is 1. The van der Waals surface area contributed by atoms with Crippen LogP contribution in [0.4, 0.5) is 0 Å². The van der Waals surface area contributed by atoms with E-state index in [0.29, 0.717) is 19.5 Å². The van der Waals surface area contributed by atoms with Crippen LogP contribution < -0.4 is 5.73 Å². The van der Waals surface area contributed by atoms with E-state index in [4.69, 9.17) is 14.9 Å². The minimum absolute atomic E-state index is 0.0175. The van der Waals surface area contributed by atoms with E-state index >= 15 is 0 Å². The summed E-state index contributed by atoms with van der Waals surface area (Å²) in [5.74, 6) is -0.497. The Kier molecular flexibility index (Phi) is 6.92. The summed E-state index contributed by atoms with van der Waals surface area (Å²) in [6.45, 7) is 11.9. The van der Waals surface area contributed by atoms with Gasteiger partial charge in [0.25, 0.3) is 0 Å². The highest BCUT2D eigenvalue weighted by Crippen LogP contribution is 2.40. The topological polar surface area (TPSA) is 81.9 Å². The number of methoxy groups -OCH3 is 1. The molecule has 0 aromatic carbocycles. The molecule has 1 amide bonds. The molecule has 2 N–H and O–H groups in total. The number of carbonyl (C=O) groups is 2. The lowest BCUT2D eigenvalue weighted by Gasteiger charge is -2.38. The van der Waals surface area contributed by atoms with Gasteiger partial charge in [-0.15, -0.1) is 0 Å². The first-order valence-corrected chi connectivity index (χ1v) is 12.9. The fourth-order valence-electron chi connectivity index (χ4n) is 3.83. The van der Waals surface area contributed by atoms with Gasteiger partial charge in [0.15, 0.2) is 8.32 Å². The Hall–Kier alpha value is -1.18. The van der Waals surface area contributed by atoms with Crippen LogP contribution >= 0.6 is 0 Å². The van der Waals surface area contributed by atoms with E-state index in [1.165, 1.54) is 7.11 Å². The molecule has 1 unspecified atom stereocenters. The maximum Gasteiger partial charge on any atom is 0.328 e. The van der Waals surface area contributed by atoms with Gasteiger partial charge in [0.05, 0.1) is 19.1 Å². The molecule has 1 saturated carbocycles. The number of hydrogen-bond acceptors (Lipinski definition) is 5. The first-order chi connectivity index (χ1) is 12.5. The monoisotopic (exact) mass is 396 g/mol.